The number of benzene rings is 2. The molecule has 0 radical (unpaired) electrons. The summed E-state index contributed by atoms with van der Waals surface area (Å²) in [5.74, 6) is 0.372. The van der Waals surface area contributed by atoms with Gasteiger partial charge in [0.2, 0.25) is 5.43 Å². The van der Waals surface area contributed by atoms with Crippen LogP contribution in [-0.4, -0.2) is 17.2 Å². The monoisotopic (exact) mass is 301 g/mol. The Morgan fingerprint density at radius 3 is 2.57 bits per heavy atom. The van der Waals surface area contributed by atoms with Gasteiger partial charge >= 0.3 is 0 Å². The first kappa shape index (κ1) is 13.5. The number of aromatic hydroxyl groups is 1. The van der Waals surface area contributed by atoms with E-state index >= 15 is 0 Å². The number of nitrogens with one attached hydrogen (secondary N) is 1. The second kappa shape index (κ2) is 5.14. The Labute approximate surface area is 125 Å². The lowest BCUT2D eigenvalue weighted by molar-refractivity contribution is 0.409. The van der Waals surface area contributed by atoms with Gasteiger partial charge in [-0.25, -0.2) is 0 Å². The lowest BCUT2D eigenvalue weighted by Gasteiger charge is -2.07. The second-order valence-corrected chi connectivity index (χ2v) is 5.04. The van der Waals surface area contributed by atoms with Gasteiger partial charge in [0, 0.05) is 28.9 Å². The summed E-state index contributed by atoms with van der Waals surface area (Å²) >= 11 is 5.85. The number of H-pyrrole nitrogens is 1. The van der Waals surface area contributed by atoms with Gasteiger partial charge in [0.05, 0.1) is 18.0 Å². The molecule has 5 heteroatoms. The number of rotatable bonds is 2. The van der Waals surface area contributed by atoms with Gasteiger partial charge in [-0.2, -0.15) is 0 Å². The number of pyridine rings is 1. The van der Waals surface area contributed by atoms with Crippen LogP contribution in [0.4, 0.5) is 0 Å². The van der Waals surface area contributed by atoms with Crippen molar-refractivity contribution in [3.8, 4) is 22.6 Å². The van der Waals surface area contributed by atoms with Crippen molar-refractivity contribution in [1.82, 2.24) is 4.98 Å². The van der Waals surface area contributed by atoms with Crippen LogP contribution < -0.4 is 10.2 Å². The fourth-order valence-electron chi connectivity index (χ4n) is 2.27. The number of hydrogen-bond acceptors (Lipinski definition) is 3. The molecule has 0 atom stereocenters. The molecule has 3 aromatic rings. The quantitative estimate of drug-likeness (QED) is 0.760. The van der Waals surface area contributed by atoms with Crippen molar-refractivity contribution in [3.63, 3.8) is 0 Å². The maximum Gasteiger partial charge on any atom is 0.200 e. The molecule has 0 aliphatic carbocycles. The summed E-state index contributed by atoms with van der Waals surface area (Å²) in [5.41, 5.74) is 1.48. The molecule has 2 N–H and O–H groups in total. The fraction of sp³-hybridized carbons (Fsp3) is 0.0625. The highest BCUT2D eigenvalue weighted by Gasteiger charge is 2.12. The van der Waals surface area contributed by atoms with E-state index in [1.165, 1.54) is 13.2 Å². The smallest absolute Gasteiger partial charge is 0.200 e. The molecule has 0 amide bonds. The van der Waals surface area contributed by atoms with Gasteiger partial charge in [-0.15, -0.1) is 0 Å². The van der Waals surface area contributed by atoms with Gasteiger partial charge in [0.15, 0.2) is 0 Å². The average Bonchev–Trinajstić information content (AvgIpc) is 2.48. The van der Waals surface area contributed by atoms with Crippen LogP contribution in [0.1, 0.15) is 0 Å². The second-order valence-electron chi connectivity index (χ2n) is 4.61. The van der Waals surface area contributed by atoms with Crippen molar-refractivity contribution in [2.45, 2.75) is 0 Å². The highest BCUT2D eigenvalue weighted by atomic mass is 35.5. The highest BCUT2D eigenvalue weighted by molar-refractivity contribution is 6.30. The lowest BCUT2D eigenvalue weighted by Crippen LogP contribution is -2.06. The first-order chi connectivity index (χ1) is 10.1. The fourth-order valence-corrected chi connectivity index (χ4v) is 2.39. The molecule has 0 saturated heterocycles. The van der Waals surface area contributed by atoms with Crippen LogP contribution in [0.15, 0.2) is 47.4 Å². The van der Waals surface area contributed by atoms with Crippen molar-refractivity contribution in [1.29, 1.82) is 0 Å². The van der Waals surface area contributed by atoms with Crippen molar-refractivity contribution in [3.05, 3.63) is 57.8 Å². The number of halogens is 1. The van der Waals surface area contributed by atoms with Crippen LogP contribution in [0.25, 0.3) is 22.0 Å². The Balaban J connectivity index is 2.28. The molecule has 3 rings (SSSR count). The predicted octanol–water partition coefficient (Wildman–Crippen LogP) is 3.56. The minimum Gasteiger partial charge on any atom is -0.507 e. The Kier molecular flexibility index (Phi) is 3.31. The number of phenolic OH excluding ortho intramolecular Hbond substituents is 1. The van der Waals surface area contributed by atoms with E-state index in [1.54, 1.807) is 36.5 Å². The van der Waals surface area contributed by atoms with Crippen LogP contribution in [0, 0.1) is 0 Å². The summed E-state index contributed by atoms with van der Waals surface area (Å²) in [5, 5.41) is 10.9. The third-order valence-corrected chi connectivity index (χ3v) is 3.58. The summed E-state index contributed by atoms with van der Waals surface area (Å²) in [6, 6.07) is 10.0. The van der Waals surface area contributed by atoms with E-state index in [0.717, 1.165) is 5.56 Å². The van der Waals surface area contributed by atoms with Crippen molar-refractivity contribution in [2.24, 2.45) is 0 Å². The third-order valence-electron chi connectivity index (χ3n) is 3.33. The van der Waals surface area contributed by atoms with E-state index in [9.17, 15) is 9.90 Å². The maximum atomic E-state index is 12.6. The summed E-state index contributed by atoms with van der Waals surface area (Å²) in [6.45, 7) is 0. The molecule has 0 spiro atoms. The largest absolute Gasteiger partial charge is 0.507 e. The SMILES string of the molecule is COc1cc(O)c2c(=O)c(-c3ccc(Cl)cc3)c[nH]c2c1. The van der Waals surface area contributed by atoms with E-state index in [2.05, 4.69) is 4.98 Å². The molecular weight excluding hydrogens is 290 g/mol. The van der Waals surface area contributed by atoms with Crippen LogP contribution in [0.5, 0.6) is 11.5 Å². The maximum absolute atomic E-state index is 12.6. The van der Waals surface area contributed by atoms with Crippen molar-refractivity contribution in [2.75, 3.05) is 7.11 Å². The molecule has 0 aliphatic rings. The van der Waals surface area contributed by atoms with Crippen molar-refractivity contribution < 1.29 is 9.84 Å². The van der Waals surface area contributed by atoms with Gasteiger partial charge in [0.25, 0.3) is 0 Å². The molecule has 1 aromatic heterocycles. The first-order valence-corrected chi connectivity index (χ1v) is 6.66. The molecule has 0 saturated carbocycles. The first-order valence-electron chi connectivity index (χ1n) is 6.28. The number of hydrogen-bond donors (Lipinski definition) is 2. The van der Waals surface area contributed by atoms with Crippen LogP contribution >= 0.6 is 11.6 Å². The zero-order valence-electron chi connectivity index (χ0n) is 11.2. The summed E-state index contributed by atoms with van der Waals surface area (Å²) in [4.78, 5) is 15.6. The zero-order chi connectivity index (χ0) is 15.0. The van der Waals surface area contributed by atoms with Gasteiger partial charge in [-0.1, -0.05) is 23.7 Å². The Morgan fingerprint density at radius 2 is 1.90 bits per heavy atom. The molecule has 4 nitrogen and oxygen atoms in total. The van der Waals surface area contributed by atoms with Gasteiger partial charge in [0.1, 0.15) is 11.5 Å². The van der Waals surface area contributed by atoms with Crippen molar-refractivity contribution >= 4 is 22.5 Å². The number of aromatic nitrogens is 1. The highest BCUT2D eigenvalue weighted by Crippen LogP contribution is 2.28. The molecule has 0 fully saturated rings. The van der Waals surface area contributed by atoms with Crippen LogP contribution in [-0.2, 0) is 0 Å². The third kappa shape index (κ3) is 2.34. The average molecular weight is 302 g/mol. The van der Waals surface area contributed by atoms with Crippen LogP contribution in [0.3, 0.4) is 0 Å². The number of ether oxygens (including phenoxy) is 1. The van der Waals surface area contributed by atoms with E-state index in [1.807, 2.05) is 0 Å². The topological polar surface area (TPSA) is 62.3 Å². The Bertz CT molecular complexity index is 869. The normalized spacial score (nSPS) is 10.8. The molecule has 2 aromatic carbocycles. The molecule has 0 unspecified atom stereocenters. The van der Waals surface area contributed by atoms with Gasteiger partial charge in [-0.3, -0.25) is 4.79 Å². The van der Waals surface area contributed by atoms with Gasteiger partial charge in [-0.05, 0) is 17.7 Å². The summed E-state index contributed by atoms with van der Waals surface area (Å²) < 4.78 is 5.07. The van der Waals surface area contributed by atoms with Crippen LogP contribution in [0.2, 0.25) is 5.02 Å². The van der Waals surface area contributed by atoms with E-state index < -0.39 is 0 Å². The van der Waals surface area contributed by atoms with Gasteiger partial charge < -0.3 is 14.8 Å². The number of methoxy groups -OCH3 is 1. The molecule has 106 valence electrons. The Morgan fingerprint density at radius 1 is 1.19 bits per heavy atom. The van der Waals surface area contributed by atoms with E-state index in [-0.39, 0.29) is 16.6 Å². The number of fused-ring (bicyclic) bond motifs is 1. The Hall–Kier alpha value is -2.46. The lowest BCUT2D eigenvalue weighted by atomic mass is 10.0. The molecule has 0 aliphatic heterocycles. The predicted molar refractivity (Wildman–Crippen MR) is 83.2 cm³/mol. The minimum atomic E-state index is -0.244. The molecule has 0 bridgehead atoms. The minimum absolute atomic E-state index is 0.110. The number of aromatic amines is 1. The van der Waals surface area contributed by atoms with E-state index in [4.69, 9.17) is 16.3 Å². The standard InChI is InChI=1S/C16H12ClNO3/c1-21-11-6-13-15(14(19)7-11)16(20)12(8-18-13)9-2-4-10(17)5-3-9/h2-8,19H,1H3,(H,18,20). The zero-order valence-corrected chi connectivity index (χ0v) is 11.9. The van der Waals surface area contributed by atoms with E-state index in [0.29, 0.717) is 21.9 Å². The summed E-state index contributed by atoms with van der Waals surface area (Å²) in [6.07, 6.45) is 1.62. The molecular formula is C16H12ClNO3. The number of phenols is 1. The molecule has 21 heavy (non-hydrogen) atoms. The molecule has 1 heterocycles. The summed E-state index contributed by atoms with van der Waals surface area (Å²) in [7, 11) is 1.50.